The molecular formula is C57H97NO8. The number of carbonyl (C=O) groups excluding carboxylic acids is 1. The SMILES string of the molecule is CC/C=C\C/C=C\C/C=C\C/C=C\C/C=C\CCCCCCCCCC(=O)NC(COC1OC(CO)C(O)C(O)C1O)C(O)/C=C/CC/C=C/CC/C=C/CCCCCCCCCCCC. The summed E-state index contributed by atoms with van der Waals surface area (Å²) < 4.78 is 11.2. The largest absolute Gasteiger partial charge is 0.394 e. The molecule has 0 saturated carbocycles. The first-order valence-electron chi connectivity index (χ1n) is 26.5. The molecule has 7 atom stereocenters. The maximum absolute atomic E-state index is 13.0. The fraction of sp³-hybridized carbons (Fsp3) is 0.702. The van der Waals surface area contributed by atoms with E-state index in [9.17, 15) is 30.3 Å². The van der Waals surface area contributed by atoms with Crippen LogP contribution in [0.2, 0.25) is 0 Å². The second kappa shape index (κ2) is 45.9. The van der Waals surface area contributed by atoms with Crippen LogP contribution in [-0.2, 0) is 14.3 Å². The predicted molar refractivity (Wildman–Crippen MR) is 276 cm³/mol. The van der Waals surface area contributed by atoms with Crippen LogP contribution in [0.4, 0.5) is 0 Å². The lowest BCUT2D eigenvalue weighted by Crippen LogP contribution is -2.60. The molecule has 0 aromatic heterocycles. The fourth-order valence-electron chi connectivity index (χ4n) is 7.68. The van der Waals surface area contributed by atoms with Gasteiger partial charge in [-0.1, -0.05) is 201 Å². The molecule has 0 aromatic carbocycles. The minimum absolute atomic E-state index is 0.206. The Morgan fingerprint density at radius 2 is 0.955 bits per heavy atom. The number of hydrogen-bond donors (Lipinski definition) is 6. The fourth-order valence-corrected chi connectivity index (χ4v) is 7.68. The van der Waals surface area contributed by atoms with Gasteiger partial charge < -0.3 is 40.3 Å². The van der Waals surface area contributed by atoms with Crippen molar-refractivity contribution in [3.63, 3.8) is 0 Å². The van der Waals surface area contributed by atoms with Crippen molar-refractivity contribution in [2.45, 2.75) is 243 Å². The molecule has 9 nitrogen and oxygen atoms in total. The van der Waals surface area contributed by atoms with E-state index in [1.807, 2.05) is 6.08 Å². The zero-order valence-corrected chi connectivity index (χ0v) is 41.7. The normalized spacial score (nSPS) is 20.6. The molecule has 1 saturated heterocycles. The van der Waals surface area contributed by atoms with Gasteiger partial charge >= 0.3 is 0 Å². The highest BCUT2D eigenvalue weighted by Crippen LogP contribution is 2.22. The lowest BCUT2D eigenvalue weighted by molar-refractivity contribution is -0.302. The predicted octanol–water partition coefficient (Wildman–Crippen LogP) is 12.5. The van der Waals surface area contributed by atoms with Crippen LogP contribution in [-0.4, -0.2) is 87.5 Å². The van der Waals surface area contributed by atoms with Crippen molar-refractivity contribution in [2.75, 3.05) is 13.2 Å². The lowest BCUT2D eigenvalue weighted by atomic mass is 9.99. The molecular weight excluding hydrogens is 827 g/mol. The Bertz CT molecular complexity index is 1350. The monoisotopic (exact) mass is 924 g/mol. The molecule has 6 N–H and O–H groups in total. The molecule has 1 fully saturated rings. The van der Waals surface area contributed by atoms with Gasteiger partial charge in [0.2, 0.25) is 5.91 Å². The summed E-state index contributed by atoms with van der Waals surface area (Å²) in [4.78, 5) is 13.0. The van der Waals surface area contributed by atoms with Gasteiger partial charge in [-0.25, -0.2) is 0 Å². The summed E-state index contributed by atoms with van der Waals surface area (Å²) in [6, 6.07) is -0.841. The summed E-state index contributed by atoms with van der Waals surface area (Å²) in [6.07, 6.45) is 58.8. The maximum atomic E-state index is 13.0. The van der Waals surface area contributed by atoms with Gasteiger partial charge in [-0.3, -0.25) is 4.79 Å². The second-order valence-corrected chi connectivity index (χ2v) is 17.9. The molecule has 9 heteroatoms. The van der Waals surface area contributed by atoms with Gasteiger partial charge in [-0.05, 0) is 89.9 Å². The molecule has 0 aromatic rings. The number of aliphatic hydroxyl groups excluding tert-OH is 5. The highest BCUT2D eigenvalue weighted by atomic mass is 16.7. The van der Waals surface area contributed by atoms with Crippen LogP contribution in [0, 0.1) is 0 Å². The standard InChI is InChI=1S/C57H97NO8/c1-3-5-7-9-11-13-15-17-19-21-23-25-26-27-29-31-33-35-37-39-41-43-45-47-53(61)58-50(49-65-57-56(64)55(63)54(62)52(48-59)66-57)51(60)46-44-42-40-38-36-34-32-30-28-24-22-20-18-16-14-12-10-8-6-4-2/h5,7,11,13,17,19,23,25,27-30,36,38,44,46,50-52,54-57,59-60,62-64H,3-4,6,8-10,12,14-16,18,20-22,24,26,31-35,37,39-43,45,47-49H2,1-2H3,(H,58,61)/b7-5-,13-11-,19-17-,25-23-,29-27-,30-28+,38-36+,46-44+. The number of unbranched alkanes of at least 4 members (excludes halogenated alkanes) is 19. The molecule has 378 valence electrons. The molecule has 0 radical (unpaired) electrons. The quantitative estimate of drug-likeness (QED) is 0.0262. The minimum atomic E-state index is -1.58. The molecule has 0 bridgehead atoms. The van der Waals surface area contributed by atoms with Crippen LogP contribution in [0.1, 0.15) is 200 Å². The highest BCUT2D eigenvalue weighted by Gasteiger charge is 2.44. The Balaban J connectivity index is 2.34. The van der Waals surface area contributed by atoms with Crippen molar-refractivity contribution >= 4 is 5.91 Å². The Morgan fingerprint density at radius 1 is 0.530 bits per heavy atom. The number of aliphatic hydroxyl groups is 5. The summed E-state index contributed by atoms with van der Waals surface area (Å²) in [5.41, 5.74) is 0. The van der Waals surface area contributed by atoms with E-state index in [2.05, 4.69) is 104 Å². The van der Waals surface area contributed by atoms with Gasteiger partial charge in [0.05, 0.1) is 25.4 Å². The third-order valence-corrected chi connectivity index (χ3v) is 11.9. The third kappa shape index (κ3) is 35.3. The molecule has 1 heterocycles. The second-order valence-electron chi connectivity index (χ2n) is 17.9. The number of rotatable bonds is 43. The van der Waals surface area contributed by atoms with Crippen molar-refractivity contribution in [2.24, 2.45) is 0 Å². The number of amides is 1. The van der Waals surface area contributed by atoms with Crippen molar-refractivity contribution in [1.82, 2.24) is 5.32 Å². The van der Waals surface area contributed by atoms with Crippen LogP contribution >= 0.6 is 0 Å². The molecule has 1 aliphatic rings. The van der Waals surface area contributed by atoms with E-state index in [1.54, 1.807) is 6.08 Å². The van der Waals surface area contributed by atoms with Crippen molar-refractivity contribution < 1.29 is 39.8 Å². The number of allylic oxidation sites excluding steroid dienone is 15. The maximum Gasteiger partial charge on any atom is 0.220 e. The Kier molecular flexibility index (Phi) is 42.5. The number of hydrogen-bond acceptors (Lipinski definition) is 8. The van der Waals surface area contributed by atoms with Crippen molar-refractivity contribution in [1.29, 1.82) is 0 Å². The van der Waals surface area contributed by atoms with E-state index >= 15 is 0 Å². The first kappa shape index (κ1) is 61.1. The van der Waals surface area contributed by atoms with E-state index < -0.39 is 49.5 Å². The molecule has 1 amide bonds. The van der Waals surface area contributed by atoms with Crippen LogP contribution in [0.15, 0.2) is 97.2 Å². The van der Waals surface area contributed by atoms with Gasteiger partial charge in [0.1, 0.15) is 24.4 Å². The smallest absolute Gasteiger partial charge is 0.220 e. The van der Waals surface area contributed by atoms with Crippen molar-refractivity contribution in [3.8, 4) is 0 Å². The van der Waals surface area contributed by atoms with Gasteiger partial charge in [-0.2, -0.15) is 0 Å². The summed E-state index contributed by atoms with van der Waals surface area (Å²) in [7, 11) is 0. The molecule has 1 aliphatic heterocycles. The van der Waals surface area contributed by atoms with Gasteiger partial charge in [-0.15, -0.1) is 0 Å². The topological polar surface area (TPSA) is 149 Å². The molecule has 1 rings (SSSR count). The molecule has 0 aliphatic carbocycles. The van der Waals surface area contributed by atoms with Gasteiger partial charge in [0.15, 0.2) is 6.29 Å². The summed E-state index contributed by atoms with van der Waals surface area (Å²) in [5.74, 6) is -0.206. The zero-order chi connectivity index (χ0) is 48.0. The first-order chi connectivity index (χ1) is 32.3. The molecule has 0 spiro atoms. The minimum Gasteiger partial charge on any atom is -0.394 e. The number of nitrogens with one attached hydrogen (secondary N) is 1. The third-order valence-electron chi connectivity index (χ3n) is 11.9. The van der Waals surface area contributed by atoms with Gasteiger partial charge in [0.25, 0.3) is 0 Å². The Labute approximate surface area is 403 Å². The highest BCUT2D eigenvalue weighted by molar-refractivity contribution is 5.76. The number of ether oxygens (including phenoxy) is 2. The molecule has 7 unspecified atom stereocenters. The summed E-state index contributed by atoms with van der Waals surface area (Å²) >= 11 is 0. The number of carbonyl (C=O) groups is 1. The van der Waals surface area contributed by atoms with E-state index in [0.717, 1.165) is 96.3 Å². The Hall–Kier alpha value is -2.89. The summed E-state index contributed by atoms with van der Waals surface area (Å²) in [5, 5.41) is 54.4. The van der Waals surface area contributed by atoms with E-state index in [1.165, 1.54) is 83.5 Å². The average molecular weight is 924 g/mol. The first-order valence-corrected chi connectivity index (χ1v) is 26.5. The van der Waals surface area contributed by atoms with Crippen LogP contribution in [0.3, 0.4) is 0 Å². The molecule has 66 heavy (non-hydrogen) atoms. The summed E-state index contributed by atoms with van der Waals surface area (Å²) in [6.45, 7) is 3.63. The van der Waals surface area contributed by atoms with Crippen molar-refractivity contribution in [3.05, 3.63) is 97.2 Å². The van der Waals surface area contributed by atoms with Crippen LogP contribution < -0.4 is 5.32 Å². The van der Waals surface area contributed by atoms with Crippen LogP contribution in [0.5, 0.6) is 0 Å². The lowest BCUT2D eigenvalue weighted by Gasteiger charge is -2.40. The zero-order valence-electron chi connectivity index (χ0n) is 41.7. The van der Waals surface area contributed by atoms with Gasteiger partial charge in [0, 0.05) is 6.42 Å². The van der Waals surface area contributed by atoms with Crippen LogP contribution in [0.25, 0.3) is 0 Å². The van der Waals surface area contributed by atoms with E-state index in [-0.39, 0.29) is 12.5 Å². The van der Waals surface area contributed by atoms with E-state index in [4.69, 9.17) is 9.47 Å². The Morgan fingerprint density at radius 3 is 1.45 bits per heavy atom. The van der Waals surface area contributed by atoms with E-state index in [0.29, 0.717) is 6.42 Å². The average Bonchev–Trinajstić information content (AvgIpc) is 3.32.